The number of nitrogens with one attached hydrogen (secondary N) is 1. The molecule has 2 heterocycles. The summed E-state index contributed by atoms with van der Waals surface area (Å²) < 4.78 is 1.99. The van der Waals surface area contributed by atoms with Crippen molar-refractivity contribution in [2.24, 2.45) is 0 Å². The zero-order valence-corrected chi connectivity index (χ0v) is 22.1. The Kier molecular flexibility index (Phi) is 7.33. The second kappa shape index (κ2) is 10.1. The van der Waals surface area contributed by atoms with E-state index in [4.69, 9.17) is 34.8 Å². The van der Waals surface area contributed by atoms with Crippen LogP contribution in [-0.4, -0.2) is 33.1 Å². The molecule has 10 heteroatoms. The highest BCUT2D eigenvalue weighted by molar-refractivity contribution is 8.18. The topological polar surface area (TPSA) is 71.4 Å². The van der Waals surface area contributed by atoms with E-state index in [0.717, 1.165) is 44.9 Å². The molecule has 0 atom stereocenters. The maximum Gasteiger partial charge on any atom is 0.294 e. The predicted molar refractivity (Wildman–Crippen MR) is 143 cm³/mol. The molecule has 180 valence electrons. The molecule has 0 unspecified atom stereocenters. The Morgan fingerprint density at radius 2 is 1.74 bits per heavy atom. The number of carbonyl (C=O) groups excluding carboxylic acids is 3. The van der Waals surface area contributed by atoms with Crippen LogP contribution in [-0.2, 0) is 9.59 Å². The minimum Gasteiger partial charge on any atom is -0.324 e. The smallest absolute Gasteiger partial charge is 0.294 e. The lowest BCUT2D eigenvalue weighted by atomic mass is 10.2. The minimum atomic E-state index is -0.516. The van der Waals surface area contributed by atoms with Gasteiger partial charge < -0.3 is 9.88 Å². The van der Waals surface area contributed by atoms with E-state index < -0.39 is 23.6 Å². The van der Waals surface area contributed by atoms with Crippen LogP contribution in [0.15, 0.2) is 47.4 Å². The standard InChI is InChI=1S/C25H20Cl3N3O3S/c1-13-4-5-17(26)10-21(13)29-23(32)12-30-24(33)22(35-25(30)34)9-16-8-14(2)31(15(16)3)18-6-7-19(27)20(28)11-18/h4-11H,12H2,1-3H3,(H,29,32)/b22-9-. The molecule has 0 radical (unpaired) electrons. The Hall–Kier alpha value is -2.71. The van der Waals surface area contributed by atoms with Gasteiger partial charge >= 0.3 is 0 Å². The molecule has 3 amide bonds. The third-order valence-electron chi connectivity index (χ3n) is 5.57. The molecular weight excluding hydrogens is 529 g/mol. The molecular formula is C25H20Cl3N3O3S. The molecule has 0 aliphatic carbocycles. The number of nitrogens with zero attached hydrogens (tertiary/aromatic N) is 2. The normalized spacial score (nSPS) is 14.8. The summed E-state index contributed by atoms with van der Waals surface area (Å²) in [6.07, 6.45) is 1.67. The van der Waals surface area contributed by atoms with Crippen LogP contribution < -0.4 is 5.32 Å². The van der Waals surface area contributed by atoms with Gasteiger partial charge in [0.25, 0.3) is 11.1 Å². The quantitative estimate of drug-likeness (QED) is 0.347. The van der Waals surface area contributed by atoms with Gasteiger partial charge in [0.15, 0.2) is 0 Å². The number of benzene rings is 2. The van der Waals surface area contributed by atoms with E-state index in [1.165, 1.54) is 0 Å². The molecule has 0 saturated carbocycles. The molecule has 1 saturated heterocycles. The van der Waals surface area contributed by atoms with Crippen LogP contribution in [0.3, 0.4) is 0 Å². The molecule has 3 aromatic rings. The van der Waals surface area contributed by atoms with Crippen LogP contribution in [0.4, 0.5) is 10.5 Å². The summed E-state index contributed by atoms with van der Waals surface area (Å²) in [5, 5.41) is 3.57. The lowest BCUT2D eigenvalue weighted by molar-refractivity contribution is -0.127. The van der Waals surface area contributed by atoms with Gasteiger partial charge in [-0.15, -0.1) is 0 Å². The summed E-state index contributed by atoms with van der Waals surface area (Å²) >= 11 is 19.0. The van der Waals surface area contributed by atoms with Crippen molar-refractivity contribution in [1.29, 1.82) is 0 Å². The SMILES string of the molecule is Cc1ccc(Cl)cc1NC(=O)CN1C(=O)S/C(=C\c2cc(C)n(-c3ccc(Cl)c(Cl)c3)c2C)C1=O. The van der Waals surface area contributed by atoms with E-state index in [9.17, 15) is 14.4 Å². The number of halogens is 3. The monoisotopic (exact) mass is 547 g/mol. The molecule has 1 aliphatic rings. The number of hydrogen-bond donors (Lipinski definition) is 1. The number of carbonyl (C=O) groups is 3. The molecule has 1 N–H and O–H groups in total. The Bertz CT molecular complexity index is 1410. The first-order valence-electron chi connectivity index (χ1n) is 10.5. The lowest BCUT2D eigenvalue weighted by Gasteiger charge is -2.13. The van der Waals surface area contributed by atoms with Crippen LogP contribution in [0, 0.1) is 20.8 Å². The molecule has 6 nitrogen and oxygen atoms in total. The fourth-order valence-corrected chi connectivity index (χ4v) is 5.09. The largest absolute Gasteiger partial charge is 0.324 e. The molecule has 0 spiro atoms. The van der Waals surface area contributed by atoms with Gasteiger partial charge in [-0.1, -0.05) is 40.9 Å². The number of aryl methyl sites for hydroxylation is 2. The summed E-state index contributed by atoms with van der Waals surface area (Å²) in [6.45, 7) is 5.27. The molecule has 1 fully saturated rings. The average molecular weight is 549 g/mol. The number of anilines is 1. The lowest BCUT2D eigenvalue weighted by Crippen LogP contribution is -2.36. The Morgan fingerprint density at radius 3 is 2.46 bits per heavy atom. The summed E-state index contributed by atoms with van der Waals surface area (Å²) in [4.78, 5) is 39.2. The highest BCUT2D eigenvalue weighted by Gasteiger charge is 2.36. The zero-order valence-electron chi connectivity index (χ0n) is 19.0. The summed E-state index contributed by atoms with van der Waals surface area (Å²) in [6, 6.07) is 12.4. The number of imide groups is 1. The van der Waals surface area contributed by atoms with Crippen molar-refractivity contribution in [3.05, 3.63) is 85.0 Å². The average Bonchev–Trinajstić information content (AvgIpc) is 3.22. The Balaban J connectivity index is 1.54. The van der Waals surface area contributed by atoms with E-state index >= 15 is 0 Å². The first kappa shape index (κ1) is 25.4. The van der Waals surface area contributed by atoms with E-state index in [-0.39, 0.29) is 4.91 Å². The maximum atomic E-state index is 13.0. The van der Waals surface area contributed by atoms with Crippen molar-refractivity contribution < 1.29 is 14.4 Å². The second-order valence-electron chi connectivity index (χ2n) is 8.04. The molecule has 0 bridgehead atoms. The molecule has 2 aromatic carbocycles. The first-order chi connectivity index (χ1) is 16.5. The van der Waals surface area contributed by atoms with Crippen molar-refractivity contribution >= 4 is 75.4 Å². The summed E-state index contributed by atoms with van der Waals surface area (Å²) in [5.41, 5.74) is 4.73. The van der Waals surface area contributed by atoms with Crippen molar-refractivity contribution in [2.75, 3.05) is 11.9 Å². The third-order valence-corrected chi connectivity index (χ3v) is 7.45. The van der Waals surface area contributed by atoms with E-state index in [1.807, 2.05) is 37.5 Å². The van der Waals surface area contributed by atoms with E-state index in [1.54, 1.807) is 36.4 Å². The third kappa shape index (κ3) is 5.28. The minimum absolute atomic E-state index is 0.246. The van der Waals surface area contributed by atoms with Crippen molar-refractivity contribution in [3.63, 3.8) is 0 Å². The van der Waals surface area contributed by atoms with Crippen LogP contribution in [0.1, 0.15) is 22.5 Å². The summed E-state index contributed by atoms with van der Waals surface area (Å²) in [5.74, 6) is -1.01. The van der Waals surface area contributed by atoms with Crippen LogP contribution in [0.2, 0.25) is 15.1 Å². The van der Waals surface area contributed by atoms with Crippen LogP contribution in [0.5, 0.6) is 0 Å². The number of hydrogen-bond acceptors (Lipinski definition) is 4. The highest BCUT2D eigenvalue weighted by atomic mass is 35.5. The zero-order chi connectivity index (χ0) is 25.4. The van der Waals surface area contributed by atoms with Crippen molar-refractivity contribution in [1.82, 2.24) is 9.47 Å². The molecule has 4 rings (SSSR count). The first-order valence-corrected chi connectivity index (χ1v) is 12.5. The van der Waals surface area contributed by atoms with Gasteiger partial charge in [0, 0.05) is 27.8 Å². The number of amides is 3. The fourth-order valence-electron chi connectivity index (χ4n) is 3.79. The van der Waals surface area contributed by atoms with Crippen molar-refractivity contribution in [3.8, 4) is 5.69 Å². The maximum absolute atomic E-state index is 13.0. The van der Waals surface area contributed by atoms with Crippen LogP contribution in [0.25, 0.3) is 11.8 Å². The number of rotatable bonds is 5. The van der Waals surface area contributed by atoms with Gasteiger partial charge in [-0.25, -0.2) is 0 Å². The van der Waals surface area contributed by atoms with Gasteiger partial charge in [0.1, 0.15) is 6.54 Å². The second-order valence-corrected chi connectivity index (χ2v) is 10.3. The van der Waals surface area contributed by atoms with E-state index in [0.29, 0.717) is 20.8 Å². The molecule has 1 aromatic heterocycles. The Labute approximate surface area is 221 Å². The van der Waals surface area contributed by atoms with Crippen molar-refractivity contribution in [2.45, 2.75) is 20.8 Å². The molecule has 1 aliphatic heterocycles. The number of thioether (sulfide) groups is 1. The van der Waals surface area contributed by atoms with E-state index in [2.05, 4.69) is 5.32 Å². The molecule has 35 heavy (non-hydrogen) atoms. The van der Waals surface area contributed by atoms with Gasteiger partial charge in [-0.3, -0.25) is 19.3 Å². The Morgan fingerprint density at radius 1 is 1.00 bits per heavy atom. The summed E-state index contributed by atoms with van der Waals surface area (Å²) in [7, 11) is 0. The van der Waals surface area contributed by atoms with Crippen LogP contribution >= 0.6 is 46.6 Å². The van der Waals surface area contributed by atoms with Gasteiger partial charge in [0.05, 0.1) is 15.0 Å². The van der Waals surface area contributed by atoms with Gasteiger partial charge in [-0.05, 0) is 86.1 Å². The predicted octanol–water partition coefficient (Wildman–Crippen LogP) is 7.04. The fraction of sp³-hybridized carbons (Fsp3) is 0.160. The highest BCUT2D eigenvalue weighted by Crippen LogP contribution is 2.34. The van der Waals surface area contributed by atoms with Gasteiger partial charge in [-0.2, -0.15) is 0 Å². The number of aromatic nitrogens is 1. The van der Waals surface area contributed by atoms with Gasteiger partial charge in [0.2, 0.25) is 5.91 Å².